The van der Waals surface area contributed by atoms with Gasteiger partial charge in [-0.25, -0.2) is 14.1 Å². The van der Waals surface area contributed by atoms with Crippen molar-refractivity contribution in [3.63, 3.8) is 0 Å². The Balaban J connectivity index is 2.01. The molecule has 3 rings (SSSR count). The molecule has 2 aromatic heterocycles. The highest BCUT2D eigenvalue weighted by atomic mass is 16.6. The molecule has 1 saturated carbocycles. The topological polar surface area (TPSA) is 81.9 Å². The molecule has 1 aliphatic carbocycles. The average molecular weight is 359 g/mol. The van der Waals surface area contributed by atoms with E-state index in [0.29, 0.717) is 29.3 Å². The number of esters is 1. The summed E-state index contributed by atoms with van der Waals surface area (Å²) < 4.78 is 12.2. The van der Waals surface area contributed by atoms with Gasteiger partial charge in [-0.05, 0) is 59.1 Å². The highest BCUT2D eigenvalue weighted by Crippen LogP contribution is 2.42. The third kappa shape index (κ3) is 3.81. The lowest BCUT2D eigenvalue weighted by atomic mass is 10.1. The van der Waals surface area contributed by atoms with E-state index in [9.17, 15) is 9.59 Å². The molecule has 1 N–H and O–H groups in total. The number of pyridine rings is 1. The lowest BCUT2D eigenvalue weighted by Crippen LogP contribution is -2.27. The van der Waals surface area contributed by atoms with Gasteiger partial charge in [0.2, 0.25) is 0 Å². The summed E-state index contributed by atoms with van der Waals surface area (Å²) in [5.74, 6) is -0.0756. The number of ether oxygens (including phenoxy) is 2. The Morgan fingerprint density at radius 2 is 2.04 bits per heavy atom. The maximum Gasteiger partial charge on any atom is 0.412 e. The molecule has 1 aliphatic rings. The van der Waals surface area contributed by atoms with Gasteiger partial charge in [0, 0.05) is 12.1 Å². The first kappa shape index (κ1) is 18.2. The number of carbonyl (C=O) groups excluding carboxylic acids is 2. The Morgan fingerprint density at radius 3 is 2.62 bits per heavy atom. The molecule has 0 saturated heterocycles. The van der Waals surface area contributed by atoms with Crippen LogP contribution in [0, 0.1) is 6.92 Å². The summed E-state index contributed by atoms with van der Waals surface area (Å²) in [7, 11) is 0. The minimum atomic E-state index is -0.589. The van der Waals surface area contributed by atoms with Crippen molar-refractivity contribution in [1.82, 2.24) is 9.61 Å². The van der Waals surface area contributed by atoms with E-state index in [1.807, 2.05) is 6.92 Å². The summed E-state index contributed by atoms with van der Waals surface area (Å²) >= 11 is 0. The molecule has 1 fully saturated rings. The van der Waals surface area contributed by atoms with Crippen molar-refractivity contribution in [2.75, 3.05) is 11.9 Å². The van der Waals surface area contributed by atoms with Crippen LogP contribution in [0.25, 0.3) is 5.52 Å². The third-order valence-corrected chi connectivity index (χ3v) is 4.08. The predicted octanol–water partition coefficient (Wildman–Crippen LogP) is 4.04. The number of aromatic nitrogens is 2. The standard InChI is InChI=1S/C19H25N3O4/c1-6-25-17(23)15-14-9-13(20-18(24)26-19(3,4)5)11(2)10-22(14)21-16(15)12-7-8-12/h9-10,12H,6-8H2,1-5H3,(H,20,24). The average Bonchev–Trinajstić information content (AvgIpc) is 3.28. The fraction of sp³-hybridized carbons (Fsp3) is 0.526. The molecule has 2 aromatic rings. The minimum Gasteiger partial charge on any atom is -0.462 e. The van der Waals surface area contributed by atoms with Crippen LogP contribution < -0.4 is 5.32 Å². The largest absolute Gasteiger partial charge is 0.462 e. The van der Waals surface area contributed by atoms with Crippen LogP contribution in [0.15, 0.2) is 12.3 Å². The minimum absolute atomic E-state index is 0.301. The van der Waals surface area contributed by atoms with Crippen LogP contribution in [-0.2, 0) is 9.47 Å². The Hall–Kier alpha value is -2.57. The Bertz CT molecular complexity index is 860. The number of fused-ring (bicyclic) bond motifs is 1. The van der Waals surface area contributed by atoms with Crippen molar-refractivity contribution in [2.24, 2.45) is 0 Å². The van der Waals surface area contributed by atoms with E-state index >= 15 is 0 Å². The lowest BCUT2D eigenvalue weighted by Gasteiger charge is -2.20. The first-order valence-electron chi connectivity index (χ1n) is 8.89. The summed E-state index contributed by atoms with van der Waals surface area (Å²) in [6.07, 6.45) is 3.32. The molecule has 26 heavy (non-hydrogen) atoms. The predicted molar refractivity (Wildman–Crippen MR) is 97.7 cm³/mol. The molecule has 7 nitrogen and oxygen atoms in total. The molecule has 0 radical (unpaired) electrons. The Morgan fingerprint density at radius 1 is 1.35 bits per heavy atom. The second-order valence-corrected chi connectivity index (χ2v) is 7.58. The number of aryl methyl sites for hydroxylation is 1. The van der Waals surface area contributed by atoms with Crippen LogP contribution in [0.2, 0.25) is 0 Å². The maximum atomic E-state index is 12.5. The molecule has 0 aromatic carbocycles. The van der Waals surface area contributed by atoms with E-state index in [1.165, 1.54) is 0 Å². The molecule has 7 heteroatoms. The van der Waals surface area contributed by atoms with Crippen molar-refractivity contribution in [2.45, 2.75) is 59.0 Å². The molecule has 1 amide bonds. The van der Waals surface area contributed by atoms with Crippen molar-refractivity contribution >= 4 is 23.3 Å². The first-order valence-corrected chi connectivity index (χ1v) is 8.89. The molecular formula is C19H25N3O4. The smallest absolute Gasteiger partial charge is 0.412 e. The van der Waals surface area contributed by atoms with Gasteiger partial charge in [-0.1, -0.05) is 0 Å². The van der Waals surface area contributed by atoms with Gasteiger partial charge in [0.1, 0.15) is 11.2 Å². The number of nitrogens with one attached hydrogen (secondary N) is 1. The molecule has 0 atom stereocenters. The molecular weight excluding hydrogens is 334 g/mol. The zero-order valence-electron chi connectivity index (χ0n) is 15.9. The normalized spacial score (nSPS) is 14.3. The summed E-state index contributed by atoms with van der Waals surface area (Å²) in [5, 5.41) is 7.35. The van der Waals surface area contributed by atoms with Crippen LogP contribution >= 0.6 is 0 Å². The van der Waals surface area contributed by atoms with Gasteiger partial charge >= 0.3 is 12.1 Å². The zero-order chi connectivity index (χ0) is 19.1. The monoisotopic (exact) mass is 359 g/mol. The van der Waals surface area contributed by atoms with Gasteiger partial charge in [-0.3, -0.25) is 5.32 Å². The van der Waals surface area contributed by atoms with E-state index in [1.54, 1.807) is 44.5 Å². The summed E-state index contributed by atoms with van der Waals surface area (Å²) in [6.45, 7) is 9.37. The zero-order valence-corrected chi connectivity index (χ0v) is 15.9. The van der Waals surface area contributed by atoms with Crippen LogP contribution in [-0.4, -0.2) is 33.9 Å². The van der Waals surface area contributed by atoms with Gasteiger partial charge < -0.3 is 9.47 Å². The molecule has 0 spiro atoms. The number of hydrogen-bond acceptors (Lipinski definition) is 5. The highest BCUT2D eigenvalue weighted by molar-refractivity contribution is 6.00. The molecule has 0 unspecified atom stereocenters. The van der Waals surface area contributed by atoms with Gasteiger partial charge in [-0.2, -0.15) is 5.10 Å². The number of hydrogen-bond donors (Lipinski definition) is 1. The Kier molecular flexibility index (Phi) is 4.64. The SMILES string of the molecule is CCOC(=O)c1c(C2CC2)nn2cc(C)c(NC(=O)OC(C)(C)C)cc12. The van der Waals surface area contributed by atoms with E-state index in [2.05, 4.69) is 10.4 Å². The van der Waals surface area contributed by atoms with E-state index in [-0.39, 0.29) is 5.97 Å². The van der Waals surface area contributed by atoms with E-state index < -0.39 is 11.7 Å². The second-order valence-electron chi connectivity index (χ2n) is 7.58. The third-order valence-electron chi connectivity index (χ3n) is 4.08. The Labute approximate surface area is 152 Å². The van der Waals surface area contributed by atoms with E-state index in [4.69, 9.17) is 9.47 Å². The van der Waals surface area contributed by atoms with Crippen LogP contribution in [0.1, 0.15) is 68.1 Å². The molecule has 2 heterocycles. The number of amides is 1. The van der Waals surface area contributed by atoms with Crippen LogP contribution in [0.4, 0.5) is 10.5 Å². The maximum absolute atomic E-state index is 12.5. The van der Waals surface area contributed by atoms with Crippen molar-refractivity contribution < 1.29 is 19.1 Å². The molecule has 0 aliphatic heterocycles. The number of anilines is 1. The van der Waals surface area contributed by atoms with Gasteiger partial charge in [0.25, 0.3) is 0 Å². The van der Waals surface area contributed by atoms with Crippen LogP contribution in [0.3, 0.4) is 0 Å². The quantitative estimate of drug-likeness (QED) is 0.833. The van der Waals surface area contributed by atoms with Crippen molar-refractivity contribution in [3.05, 3.63) is 29.1 Å². The lowest BCUT2D eigenvalue weighted by molar-refractivity contribution is 0.0526. The summed E-state index contributed by atoms with van der Waals surface area (Å²) in [5.41, 5.74) is 2.71. The van der Waals surface area contributed by atoms with E-state index in [0.717, 1.165) is 24.1 Å². The fourth-order valence-corrected chi connectivity index (χ4v) is 2.81. The van der Waals surface area contributed by atoms with Gasteiger partial charge in [0.05, 0.1) is 23.5 Å². The summed E-state index contributed by atoms with van der Waals surface area (Å²) in [6, 6.07) is 1.75. The van der Waals surface area contributed by atoms with Crippen LogP contribution in [0.5, 0.6) is 0 Å². The summed E-state index contributed by atoms with van der Waals surface area (Å²) in [4.78, 5) is 24.6. The number of rotatable bonds is 4. The fourth-order valence-electron chi connectivity index (χ4n) is 2.81. The number of carbonyl (C=O) groups is 2. The second kappa shape index (κ2) is 6.63. The number of nitrogens with zero attached hydrogens (tertiary/aromatic N) is 2. The first-order chi connectivity index (χ1) is 12.2. The molecule has 140 valence electrons. The van der Waals surface area contributed by atoms with Gasteiger partial charge in [0.15, 0.2) is 0 Å². The van der Waals surface area contributed by atoms with Crippen molar-refractivity contribution in [3.8, 4) is 0 Å². The molecule has 0 bridgehead atoms. The van der Waals surface area contributed by atoms with Gasteiger partial charge in [-0.15, -0.1) is 0 Å². The highest BCUT2D eigenvalue weighted by Gasteiger charge is 2.33. The van der Waals surface area contributed by atoms with Crippen molar-refractivity contribution in [1.29, 1.82) is 0 Å².